The molecule has 24 heavy (non-hydrogen) atoms. The fraction of sp³-hybridized carbons (Fsp3) is 0.600. The molecule has 1 aromatic rings. The zero-order valence-corrected chi connectivity index (χ0v) is 15.2. The molecule has 1 aliphatic rings. The normalized spacial score (nSPS) is 15.1. The Balaban J connectivity index is 2.17. The number of carbonyl (C=O) groups is 2. The second-order valence-corrected chi connectivity index (χ2v) is 6.64. The van der Waals surface area contributed by atoms with Gasteiger partial charge in [-0.1, -0.05) is 51.3 Å². The predicted octanol–water partition coefficient (Wildman–Crippen LogP) is 3.61. The highest BCUT2D eigenvalue weighted by Crippen LogP contribution is 2.27. The molecule has 2 rings (SSSR count). The van der Waals surface area contributed by atoms with Crippen molar-refractivity contribution in [3.63, 3.8) is 0 Å². The minimum absolute atomic E-state index is 0.0509. The number of nitrogens with zero attached hydrogens (tertiary/aromatic N) is 1. The highest BCUT2D eigenvalue weighted by molar-refractivity contribution is 5.98. The Morgan fingerprint density at radius 3 is 2.17 bits per heavy atom. The number of para-hydroxylation sites is 1. The first-order chi connectivity index (χ1) is 11.6. The summed E-state index contributed by atoms with van der Waals surface area (Å²) in [7, 11) is 0. The lowest BCUT2D eigenvalue weighted by Crippen LogP contribution is -2.44. The lowest BCUT2D eigenvalue weighted by Gasteiger charge is -2.28. The lowest BCUT2D eigenvalue weighted by molar-refractivity contribution is -0.123. The monoisotopic (exact) mass is 330 g/mol. The molecular formula is C20H30N2O2. The van der Waals surface area contributed by atoms with Crippen LogP contribution in [0.2, 0.25) is 0 Å². The van der Waals surface area contributed by atoms with Crippen molar-refractivity contribution in [1.82, 2.24) is 5.32 Å². The summed E-state index contributed by atoms with van der Waals surface area (Å²) < 4.78 is 0. The van der Waals surface area contributed by atoms with Gasteiger partial charge in [0.05, 0.1) is 5.69 Å². The van der Waals surface area contributed by atoms with E-state index in [1.165, 1.54) is 19.3 Å². The van der Waals surface area contributed by atoms with Crippen LogP contribution in [0, 0.1) is 0 Å². The molecule has 1 aromatic carbocycles. The van der Waals surface area contributed by atoms with E-state index < -0.39 is 0 Å². The van der Waals surface area contributed by atoms with Crippen LogP contribution in [0.5, 0.6) is 0 Å². The number of carbonyl (C=O) groups excluding carboxylic acids is 2. The van der Waals surface area contributed by atoms with E-state index in [0.717, 1.165) is 42.5 Å². The van der Waals surface area contributed by atoms with Gasteiger partial charge in [0, 0.05) is 13.0 Å². The van der Waals surface area contributed by atoms with Gasteiger partial charge in [-0.3, -0.25) is 9.59 Å². The Morgan fingerprint density at radius 2 is 1.67 bits per heavy atom. The van der Waals surface area contributed by atoms with Crippen molar-refractivity contribution in [2.24, 2.45) is 0 Å². The third-order valence-electron chi connectivity index (χ3n) is 4.89. The zero-order valence-electron chi connectivity index (χ0n) is 15.2. The summed E-state index contributed by atoms with van der Waals surface area (Å²) >= 11 is 0. The summed E-state index contributed by atoms with van der Waals surface area (Å²) in [5, 5.41) is 3.12. The molecule has 0 bridgehead atoms. The van der Waals surface area contributed by atoms with Gasteiger partial charge in [0.15, 0.2) is 0 Å². The molecule has 0 aromatic heterocycles. The predicted molar refractivity (Wildman–Crippen MR) is 98.2 cm³/mol. The molecule has 0 spiro atoms. The standard InChI is InChI=1S/C20H30N2O2/c1-4-16-10-9-11-17(5-2)20(16)22(15(3)23)14-19(24)21-18-12-7-6-8-13-18/h9-11,18H,4-8,12-14H2,1-3H3,(H,21,24). The fourth-order valence-electron chi connectivity index (χ4n) is 3.57. The van der Waals surface area contributed by atoms with Crippen molar-refractivity contribution in [1.29, 1.82) is 0 Å². The highest BCUT2D eigenvalue weighted by Gasteiger charge is 2.22. The molecule has 0 radical (unpaired) electrons. The smallest absolute Gasteiger partial charge is 0.240 e. The van der Waals surface area contributed by atoms with Crippen LogP contribution in [-0.4, -0.2) is 24.4 Å². The average Bonchev–Trinajstić information content (AvgIpc) is 2.59. The molecule has 132 valence electrons. The van der Waals surface area contributed by atoms with E-state index in [0.29, 0.717) is 0 Å². The van der Waals surface area contributed by atoms with Crippen LogP contribution in [-0.2, 0) is 22.4 Å². The van der Waals surface area contributed by atoms with Gasteiger partial charge >= 0.3 is 0 Å². The van der Waals surface area contributed by atoms with Crippen LogP contribution in [0.3, 0.4) is 0 Å². The number of anilines is 1. The summed E-state index contributed by atoms with van der Waals surface area (Å²) in [6, 6.07) is 6.39. The maximum Gasteiger partial charge on any atom is 0.240 e. The van der Waals surface area contributed by atoms with Crippen molar-refractivity contribution < 1.29 is 9.59 Å². The highest BCUT2D eigenvalue weighted by atomic mass is 16.2. The molecule has 4 nitrogen and oxygen atoms in total. The van der Waals surface area contributed by atoms with Crippen molar-refractivity contribution >= 4 is 17.5 Å². The van der Waals surface area contributed by atoms with Gasteiger partial charge in [0.25, 0.3) is 0 Å². The Bertz CT molecular complexity index is 555. The summed E-state index contributed by atoms with van der Waals surface area (Å²) in [6.07, 6.45) is 7.42. The number of nitrogens with one attached hydrogen (secondary N) is 1. The van der Waals surface area contributed by atoms with Crippen molar-refractivity contribution in [3.05, 3.63) is 29.3 Å². The zero-order chi connectivity index (χ0) is 17.5. The van der Waals surface area contributed by atoms with Gasteiger partial charge in [-0.25, -0.2) is 0 Å². The first-order valence-corrected chi connectivity index (χ1v) is 9.25. The third-order valence-corrected chi connectivity index (χ3v) is 4.89. The molecule has 0 aliphatic heterocycles. The fourth-order valence-corrected chi connectivity index (χ4v) is 3.57. The molecular weight excluding hydrogens is 300 g/mol. The Kier molecular flexibility index (Phi) is 6.83. The lowest BCUT2D eigenvalue weighted by atomic mass is 9.95. The van der Waals surface area contributed by atoms with Crippen LogP contribution in [0.4, 0.5) is 5.69 Å². The maximum atomic E-state index is 12.5. The Hall–Kier alpha value is -1.84. The van der Waals surface area contributed by atoms with E-state index in [2.05, 4.69) is 19.2 Å². The van der Waals surface area contributed by atoms with Crippen LogP contribution in [0.25, 0.3) is 0 Å². The summed E-state index contributed by atoms with van der Waals surface area (Å²) in [4.78, 5) is 26.4. The molecule has 1 fully saturated rings. The number of hydrogen-bond donors (Lipinski definition) is 1. The first kappa shape index (κ1) is 18.5. The van der Waals surface area contributed by atoms with Crippen LogP contribution >= 0.6 is 0 Å². The quantitative estimate of drug-likeness (QED) is 0.866. The third kappa shape index (κ3) is 4.59. The molecule has 0 heterocycles. The van der Waals surface area contributed by atoms with E-state index in [1.807, 2.05) is 18.2 Å². The van der Waals surface area contributed by atoms with Gasteiger partial charge < -0.3 is 10.2 Å². The van der Waals surface area contributed by atoms with Crippen LogP contribution in [0.1, 0.15) is 64.0 Å². The molecule has 1 N–H and O–H groups in total. The Labute approximate surface area is 145 Å². The van der Waals surface area contributed by atoms with Crippen molar-refractivity contribution in [2.45, 2.75) is 71.8 Å². The number of benzene rings is 1. The molecule has 1 saturated carbocycles. The molecule has 2 amide bonds. The average molecular weight is 330 g/mol. The van der Waals surface area contributed by atoms with Gasteiger partial charge in [-0.05, 0) is 36.8 Å². The second-order valence-electron chi connectivity index (χ2n) is 6.64. The van der Waals surface area contributed by atoms with E-state index in [4.69, 9.17) is 0 Å². The summed E-state index contributed by atoms with van der Waals surface area (Å²) in [5.74, 6) is -0.130. The Morgan fingerprint density at radius 1 is 1.08 bits per heavy atom. The largest absolute Gasteiger partial charge is 0.352 e. The molecule has 0 atom stereocenters. The number of hydrogen-bond acceptors (Lipinski definition) is 2. The molecule has 1 aliphatic carbocycles. The number of aryl methyl sites for hydroxylation is 2. The summed E-state index contributed by atoms with van der Waals surface area (Å²) in [5.41, 5.74) is 3.17. The molecule has 0 saturated heterocycles. The van der Waals surface area contributed by atoms with E-state index in [1.54, 1.807) is 11.8 Å². The van der Waals surface area contributed by atoms with Crippen molar-refractivity contribution in [2.75, 3.05) is 11.4 Å². The van der Waals surface area contributed by atoms with Gasteiger partial charge in [0.1, 0.15) is 6.54 Å². The van der Waals surface area contributed by atoms with Gasteiger partial charge in [-0.2, -0.15) is 0 Å². The second kappa shape index (κ2) is 8.86. The van der Waals surface area contributed by atoms with E-state index in [-0.39, 0.29) is 24.4 Å². The van der Waals surface area contributed by atoms with Crippen LogP contribution in [0.15, 0.2) is 18.2 Å². The molecule has 0 unspecified atom stereocenters. The topological polar surface area (TPSA) is 49.4 Å². The number of amides is 2. The van der Waals surface area contributed by atoms with Crippen LogP contribution < -0.4 is 10.2 Å². The number of rotatable bonds is 6. The van der Waals surface area contributed by atoms with Crippen molar-refractivity contribution in [3.8, 4) is 0 Å². The maximum absolute atomic E-state index is 12.5. The minimum Gasteiger partial charge on any atom is -0.352 e. The SMILES string of the molecule is CCc1cccc(CC)c1N(CC(=O)NC1CCCCC1)C(C)=O. The van der Waals surface area contributed by atoms with E-state index >= 15 is 0 Å². The van der Waals surface area contributed by atoms with Gasteiger partial charge in [-0.15, -0.1) is 0 Å². The molecule has 4 heteroatoms. The minimum atomic E-state index is -0.0793. The summed E-state index contributed by atoms with van der Waals surface area (Å²) in [6.45, 7) is 5.81. The van der Waals surface area contributed by atoms with Gasteiger partial charge in [0.2, 0.25) is 11.8 Å². The van der Waals surface area contributed by atoms with E-state index in [9.17, 15) is 9.59 Å². The first-order valence-electron chi connectivity index (χ1n) is 9.25.